The molecule has 4 aromatic rings. The largest absolute Gasteiger partial charge is 0.416 e. The standard InChI is InChI=1S/C32H34F3N7O2/c1-22-30(15-24(19-37-22)16-31(43)28-18-26(5-8-36-28)32(33,34)35)42-21-29(38-39-42)25-3-2-4-27(17-25)41-9-6-23(7-10-41)20-40-11-13-44-14-12-40/h2-5,8,15,17-19,21,23H,6-7,9-14,16,20H2,1H3. The third kappa shape index (κ3) is 6.97. The number of morpholine rings is 1. The summed E-state index contributed by atoms with van der Waals surface area (Å²) in [5, 5.41) is 8.73. The maximum atomic E-state index is 13.1. The molecule has 12 heteroatoms. The average Bonchev–Trinajstić information content (AvgIpc) is 3.53. The van der Waals surface area contributed by atoms with Crippen molar-refractivity contribution in [3.05, 3.63) is 83.6 Å². The molecule has 1 aromatic carbocycles. The van der Waals surface area contributed by atoms with Gasteiger partial charge in [0.05, 0.1) is 36.4 Å². The SMILES string of the molecule is Cc1ncc(CC(=O)c2cc(C(F)(F)F)ccn2)cc1-n1cc(-c2cccc(N3CCC(CN4CCOCC4)CC3)c2)nn1. The molecule has 5 heterocycles. The first kappa shape index (κ1) is 29.9. The number of benzene rings is 1. The Morgan fingerprint density at radius 2 is 1.82 bits per heavy atom. The molecule has 0 saturated carbocycles. The number of aryl methyl sites for hydroxylation is 1. The number of anilines is 1. The van der Waals surface area contributed by atoms with Crippen LogP contribution in [0.4, 0.5) is 18.9 Å². The van der Waals surface area contributed by atoms with Crippen LogP contribution in [-0.2, 0) is 17.3 Å². The fourth-order valence-electron chi connectivity index (χ4n) is 5.83. The number of Topliss-reactive ketones (excluding diaryl/α,β-unsaturated/α-hetero) is 1. The Bertz CT molecular complexity index is 1610. The molecule has 2 fully saturated rings. The number of carbonyl (C=O) groups is 1. The van der Waals surface area contributed by atoms with E-state index < -0.39 is 17.5 Å². The Kier molecular flexibility index (Phi) is 8.72. The van der Waals surface area contributed by atoms with E-state index in [9.17, 15) is 18.0 Å². The predicted molar refractivity (Wildman–Crippen MR) is 159 cm³/mol. The van der Waals surface area contributed by atoms with E-state index >= 15 is 0 Å². The summed E-state index contributed by atoms with van der Waals surface area (Å²) in [7, 11) is 0. The molecule has 0 atom stereocenters. The lowest BCUT2D eigenvalue weighted by atomic mass is 9.95. The van der Waals surface area contributed by atoms with Crippen molar-refractivity contribution in [1.29, 1.82) is 0 Å². The lowest BCUT2D eigenvalue weighted by Crippen LogP contribution is -2.42. The molecule has 230 valence electrons. The Morgan fingerprint density at radius 1 is 1.02 bits per heavy atom. The Balaban J connectivity index is 1.13. The van der Waals surface area contributed by atoms with Crippen LogP contribution in [-0.4, -0.2) is 81.6 Å². The number of nitrogens with zero attached hydrogens (tertiary/aromatic N) is 7. The van der Waals surface area contributed by atoms with Crippen LogP contribution >= 0.6 is 0 Å². The summed E-state index contributed by atoms with van der Waals surface area (Å²) in [4.78, 5) is 26.0. The number of ether oxygens (including phenoxy) is 1. The van der Waals surface area contributed by atoms with Gasteiger partial charge in [-0.1, -0.05) is 17.3 Å². The molecule has 44 heavy (non-hydrogen) atoms. The molecular weight excluding hydrogens is 571 g/mol. The normalized spacial score (nSPS) is 16.8. The summed E-state index contributed by atoms with van der Waals surface area (Å²) < 4.78 is 46.4. The van der Waals surface area contributed by atoms with Gasteiger partial charge in [0.2, 0.25) is 0 Å². The van der Waals surface area contributed by atoms with Crippen molar-refractivity contribution in [3.63, 3.8) is 0 Å². The van der Waals surface area contributed by atoms with Crippen LogP contribution in [0.2, 0.25) is 0 Å². The van der Waals surface area contributed by atoms with Crippen molar-refractivity contribution in [2.24, 2.45) is 5.92 Å². The lowest BCUT2D eigenvalue weighted by Gasteiger charge is -2.37. The predicted octanol–water partition coefficient (Wildman–Crippen LogP) is 5.03. The van der Waals surface area contributed by atoms with Crippen molar-refractivity contribution >= 4 is 11.5 Å². The third-order valence-corrected chi connectivity index (χ3v) is 8.34. The van der Waals surface area contributed by atoms with Gasteiger partial charge in [0, 0.05) is 62.8 Å². The van der Waals surface area contributed by atoms with Crippen molar-refractivity contribution in [3.8, 4) is 16.9 Å². The van der Waals surface area contributed by atoms with Gasteiger partial charge in [-0.25, -0.2) is 4.68 Å². The Hall–Kier alpha value is -4.16. The van der Waals surface area contributed by atoms with Crippen LogP contribution in [0, 0.1) is 12.8 Å². The van der Waals surface area contributed by atoms with Gasteiger partial charge in [0.15, 0.2) is 5.78 Å². The van der Waals surface area contributed by atoms with Gasteiger partial charge in [-0.15, -0.1) is 5.10 Å². The van der Waals surface area contributed by atoms with E-state index in [2.05, 4.69) is 42.2 Å². The second-order valence-corrected chi connectivity index (χ2v) is 11.4. The summed E-state index contributed by atoms with van der Waals surface area (Å²) in [6.45, 7) is 8.70. The molecule has 0 unspecified atom stereocenters. The first-order valence-corrected chi connectivity index (χ1v) is 14.8. The first-order chi connectivity index (χ1) is 21.2. The number of halogens is 3. The van der Waals surface area contributed by atoms with E-state index in [1.165, 1.54) is 6.20 Å². The van der Waals surface area contributed by atoms with E-state index in [1.807, 2.05) is 25.3 Å². The number of alkyl halides is 3. The second-order valence-electron chi connectivity index (χ2n) is 11.4. The zero-order valence-corrected chi connectivity index (χ0v) is 24.5. The first-order valence-electron chi connectivity index (χ1n) is 14.8. The number of carbonyl (C=O) groups excluding carboxylic acids is 1. The second kappa shape index (κ2) is 12.8. The zero-order valence-electron chi connectivity index (χ0n) is 24.5. The maximum absolute atomic E-state index is 13.1. The van der Waals surface area contributed by atoms with Gasteiger partial charge in [0.1, 0.15) is 11.4 Å². The van der Waals surface area contributed by atoms with Gasteiger partial charge >= 0.3 is 6.18 Å². The molecule has 0 N–H and O–H groups in total. The minimum absolute atomic E-state index is 0.151. The number of rotatable bonds is 8. The number of aromatic nitrogens is 5. The van der Waals surface area contributed by atoms with E-state index in [0.29, 0.717) is 28.6 Å². The van der Waals surface area contributed by atoms with Crippen LogP contribution in [0.1, 0.15) is 40.2 Å². The van der Waals surface area contributed by atoms with Gasteiger partial charge in [-0.2, -0.15) is 13.2 Å². The van der Waals surface area contributed by atoms with Gasteiger partial charge < -0.3 is 9.64 Å². The molecule has 2 aliphatic heterocycles. The zero-order chi connectivity index (χ0) is 30.7. The molecule has 0 bridgehead atoms. The van der Waals surface area contributed by atoms with Crippen molar-refractivity contribution in [2.45, 2.75) is 32.4 Å². The van der Waals surface area contributed by atoms with E-state index in [0.717, 1.165) is 88.4 Å². The highest BCUT2D eigenvalue weighted by molar-refractivity contribution is 5.95. The van der Waals surface area contributed by atoms with Crippen LogP contribution in [0.15, 0.2) is 61.1 Å². The van der Waals surface area contributed by atoms with Crippen molar-refractivity contribution in [2.75, 3.05) is 50.8 Å². The smallest absolute Gasteiger partial charge is 0.379 e. The number of hydrogen-bond donors (Lipinski definition) is 0. The molecule has 2 aliphatic rings. The summed E-state index contributed by atoms with van der Waals surface area (Å²) in [5.41, 5.74) is 3.47. The average molecular weight is 606 g/mol. The van der Waals surface area contributed by atoms with Crippen LogP contribution in [0.5, 0.6) is 0 Å². The van der Waals surface area contributed by atoms with Crippen LogP contribution < -0.4 is 4.90 Å². The van der Waals surface area contributed by atoms with Crippen molar-refractivity contribution in [1.82, 2.24) is 29.9 Å². The minimum atomic E-state index is -4.55. The fourth-order valence-corrected chi connectivity index (χ4v) is 5.83. The quantitative estimate of drug-likeness (QED) is 0.259. The minimum Gasteiger partial charge on any atom is -0.379 e. The van der Waals surface area contributed by atoms with Crippen LogP contribution in [0.3, 0.4) is 0 Å². The Labute approximate surface area is 253 Å². The number of piperidine rings is 1. The highest BCUT2D eigenvalue weighted by atomic mass is 19.4. The highest BCUT2D eigenvalue weighted by Crippen LogP contribution is 2.30. The van der Waals surface area contributed by atoms with Gasteiger partial charge in [-0.05, 0) is 61.6 Å². The van der Waals surface area contributed by atoms with E-state index in [4.69, 9.17) is 4.74 Å². The highest BCUT2D eigenvalue weighted by Gasteiger charge is 2.31. The Morgan fingerprint density at radius 3 is 2.59 bits per heavy atom. The number of pyridine rings is 2. The molecule has 0 amide bonds. The molecule has 0 radical (unpaired) electrons. The molecule has 3 aromatic heterocycles. The monoisotopic (exact) mass is 605 g/mol. The van der Waals surface area contributed by atoms with Gasteiger partial charge in [0.25, 0.3) is 0 Å². The fraction of sp³-hybridized carbons (Fsp3) is 0.406. The summed E-state index contributed by atoms with van der Waals surface area (Å²) in [5.74, 6) is 0.172. The molecule has 2 saturated heterocycles. The molecule has 9 nitrogen and oxygen atoms in total. The molecule has 6 rings (SSSR count). The van der Waals surface area contributed by atoms with Crippen LogP contribution in [0.25, 0.3) is 16.9 Å². The molecule has 0 aliphatic carbocycles. The summed E-state index contributed by atoms with van der Waals surface area (Å²) in [6.07, 6.45) is 1.96. The summed E-state index contributed by atoms with van der Waals surface area (Å²) >= 11 is 0. The van der Waals surface area contributed by atoms with E-state index in [1.54, 1.807) is 10.7 Å². The van der Waals surface area contributed by atoms with E-state index in [-0.39, 0.29) is 12.1 Å². The summed E-state index contributed by atoms with van der Waals surface area (Å²) in [6, 6.07) is 11.7. The number of ketones is 1. The molecule has 0 spiro atoms. The third-order valence-electron chi connectivity index (χ3n) is 8.34. The lowest BCUT2D eigenvalue weighted by molar-refractivity contribution is -0.137. The van der Waals surface area contributed by atoms with Crippen molar-refractivity contribution < 1.29 is 22.7 Å². The maximum Gasteiger partial charge on any atom is 0.416 e. The topological polar surface area (TPSA) is 89.3 Å². The number of hydrogen-bond acceptors (Lipinski definition) is 8. The van der Waals surface area contributed by atoms with Gasteiger partial charge in [-0.3, -0.25) is 19.7 Å². The molecular formula is C32H34F3N7O2.